The highest BCUT2D eigenvalue weighted by Crippen LogP contribution is 2.39. The molecule has 7 heteroatoms. The first-order valence-corrected chi connectivity index (χ1v) is 7.73. The lowest BCUT2D eigenvalue weighted by atomic mass is 9.87. The van der Waals surface area contributed by atoms with E-state index in [9.17, 15) is 13.2 Å². The summed E-state index contributed by atoms with van der Waals surface area (Å²) >= 11 is 0. The molecule has 24 heavy (non-hydrogen) atoms. The third-order valence-electron chi connectivity index (χ3n) is 4.76. The topological polar surface area (TPSA) is 34.2 Å². The predicted molar refractivity (Wildman–Crippen MR) is 88.4 cm³/mol. The van der Waals surface area contributed by atoms with Crippen molar-refractivity contribution in [3.8, 4) is 0 Å². The standard InChI is InChI=1S/C17H19BF3NO2/c1-16(2)17(3,4)24-18(23-16)14(19)8-11-9-22-13-6-5-10(15(20)21)7-12(11)13/h5-9,15,22H,1-4H3. The molecule has 3 nitrogen and oxygen atoms in total. The number of fused-ring (bicyclic) bond motifs is 1. The van der Waals surface area contributed by atoms with Crippen molar-refractivity contribution in [3.05, 3.63) is 41.2 Å². The smallest absolute Gasteiger partial charge is 0.398 e. The highest BCUT2D eigenvalue weighted by molar-refractivity contribution is 6.54. The van der Waals surface area contributed by atoms with E-state index in [1.165, 1.54) is 18.2 Å². The Morgan fingerprint density at radius 2 is 1.79 bits per heavy atom. The van der Waals surface area contributed by atoms with E-state index >= 15 is 0 Å². The number of halogens is 3. The molecule has 1 aliphatic rings. The van der Waals surface area contributed by atoms with Crippen LogP contribution < -0.4 is 0 Å². The Hall–Kier alpha value is -1.73. The molecule has 0 bridgehead atoms. The zero-order valence-corrected chi connectivity index (χ0v) is 14.0. The number of aromatic nitrogens is 1. The van der Waals surface area contributed by atoms with Crippen LogP contribution in [-0.2, 0) is 9.31 Å². The van der Waals surface area contributed by atoms with E-state index in [1.54, 1.807) is 12.3 Å². The van der Waals surface area contributed by atoms with Crippen molar-refractivity contribution < 1.29 is 22.5 Å². The third kappa shape index (κ3) is 2.87. The van der Waals surface area contributed by atoms with Gasteiger partial charge in [0.05, 0.1) is 11.2 Å². The highest BCUT2D eigenvalue weighted by atomic mass is 19.3. The maximum Gasteiger partial charge on any atom is 0.525 e. The van der Waals surface area contributed by atoms with Gasteiger partial charge in [-0.1, -0.05) is 6.07 Å². The van der Waals surface area contributed by atoms with Crippen LogP contribution in [0.25, 0.3) is 17.0 Å². The van der Waals surface area contributed by atoms with Gasteiger partial charge in [-0.3, -0.25) is 0 Å². The number of hydrogen-bond donors (Lipinski definition) is 1. The molecule has 3 rings (SSSR count). The molecule has 1 aromatic carbocycles. The predicted octanol–water partition coefficient (Wildman–Crippen LogP) is 5.05. The molecule has 1 N–H and O–H groups in total. The van der Waals surface area contributed by atoms with Gasteiger partial charge in [-0.25, -0.2) is 13.2 Å². The summed E-state index contributed by atoms with van der Waals surface area (Å²) in [5.74, 6) is 0. The Morgan fingerprint density at radius 3 is 2.38 bits per heavy atom. The van der Waals surface area contributed by atoms with Gasteiger partial charge in [0.25, 0.3) is 6.43 Å². The molecule has 0 amide bonds. The molecule has 0 atom stereocenters. The van der Waals surface area contributed by atoms with Crippen LogP contribution in [0.5, 0.6) is 0 Å². The minimum atomic E-state index is -2.57. The molecular weight excluding hydrogens is 318 g/mol. The van der Waals surface area contributed by atoms with Crippen LogP contribution in [-0.4, -0.2) is 23.3 Å². The molecule has 0 spiro atoms. The molecule has 1 fully saturated rings. The van der Waals surface area contributed by atoms with E-state index in [-0.39, 0.29) is 5.56 Å². The Morgan fingerprint density at radius 1 is 1.17 bits per heavy atom. The van der Waals surface area contributed by atoms with Crippen LogP contribution in [0.2, 0.25) is 0 Å². The van der Waals surface area contributed by atoms with Crippen LogP contribution in [0, 0.1) is 0 Å². The van der Waals surface area contributed by atoms with Crippen molar-refractivity contribution in [1.29, 1.82) is 0 Å². The fourth-order valence-electron chi connectivity index (χ4n) is 2.59. The van der Waals surface area contributed by atoms with E-state index in [0.29, 0.717) is 16.5 Å². The quantitative estimate of drug-likeness (QED) is 0.796. The summed E-state index contributed by atoms with van der Waals surface area (Å²) in [6, 6.07) is 4.27. The van der Waals surface area contributed by atoms with E-state index in [4.69, 9.17) is 9.31 Å². The summed E-state index contributed by atoms with van der Waals surface area (Å²) in [7, 11) is -1.11. The summed E-state index contributed by atoms with van der Waals surface area (Å²) in [4.78, 5) is 2.94. The molecule has 128 valence electrons. The van der Waals surface area contributed by atoms with Crippen molar-refractivity contribution in [2.75, 3.05) is 0 Å². The van der Waals surface area contributed by atoms with Gasteiger partial charge in [-0.05, 0) is 45.9 Å². The third-order valence-corrected chi connectivity index (χ3v) is 4.76. The van der Waals surface area contributed by atoms with E-state index < -0.39 is 30.5 Å². The summed E-state index contributed by atoms with van der Waals surface area (Å²) in [5, 5.41) is 0.527. The maximum atomic E-state index is 14.6. The van der Waals surface area contributed by atoms with Gasteiger partial charge in [0, 0.05) is 28.2 Å². The largest absolute Gasteiger partial charge is 0.525 e. The number of hydrogen-bond acceptors (Lipinski definition) is 2. The SMILES string of the molecule is CC1(C)OB(C(F)=Cc2c[nH]c3ccc(C(F)F)cc23)OC1(C)C. The normalized spacial score (nSPS) is 20.3. The minimum absolute atomic E-state index is 0.104. The number of alkyl halides is 2. The molecule has 0 unspecified atom stereocenters. The second-order valence-corrected chi connectivity index (χ2v) is 6.97. The van der Waals surface area contributed by atoms with Gasteiger partial charge in [0.1, 0.15) is 5.73 Å². The first-order valence-electron chi connectivity index (χ1n) is 7.73. The fraction of sp³-hybridized carbons (Fsp3) is 0.412. The lowest BCUT2D eigenvalue weighted by molar-refractivity contribution is 0.00578. The van der Waals surface area contributed by atoms with Crippen LogP contribution in [0.1, 0.15) is 45.2 Å². The van der Waals surface area contributed by atoms with Crippen molar-refractivity contribution in [1.82, 2.24) is 4.98 Å². The Kier molecular flexibility index (Phi) is 4.04. The van der Waals surface area contributed by atoms with Gasteiger partial charge < -0.3 is 14.3 Å². The second kappa shape index (κ2) is 5.67. The highest BCUT2D eigenvalue weighted by Gasteiger charge is 2.53. The number of H-pyrrole nitrogens is 1. The van der Waals surface area contributed by atoms with Crippen molar-refractivity contribution in [3.63, 3.8) is 0 Å². The number of rotatable bonds is 3. The molecule has 0 saturated carbocycles. The molecule has 2 heterocycles. The monoisotopic (exact) mass is 337 g/mol. The van der Waals surface area contributed by atoms with Crippen molar-refractivity contribution >= 4 is 24.1 Å². The van der Waals surface area contributed by atoms with Crippen LogP contribution in [0.15, 0.2) is 30.1 Å². The van der Waals surface area contributed by atoms with E-state index in [0.717, 1.165) is 0 Å². The summed E-state index contributed by atoms with van der Waals surface area (Å²) in [6.45, 7) is 7.34. The molecule has 2 aromatic rings. The average Bonchev–Trinajstić information content (AvgIpc) is 2.97. The van der Waals surface area contributed by atoms with Gasteiger partial charge in [-0.15, -0.1) is 0 Å². The van der Waals surface area contributed by atoms with E-state index in [2.05, 4.69) is 4.98 Å². The van der Waals surface area contributed by atoms with Crippen molar-refractivity contribution in [2.24, 2.45) is 0 Å². The van der Waals surface area contributed by atoms with Crippen LogP contribution in [0.4, 0.5) is 13.2 Å². The van der Waals surface area contributed by atoms with Crippen molar-refractivity contribution in [2.45, 2.75) is 45.3 Å². The zero-order valence-electron chi connectivity index (χ0n) is 14.0. The molecule has 1 saturated heterocycles. The Bertz CT molecular complexity index is 782. The molecular formula is C17H19BF3NO2. The first-order chi connectivity index (χ1) is 11.1. The number of aromatic amines is 1. The first kappa shape index (κ1) is 17.1. The average molecular weight is 337 g/mol. The summed E-state index contributed by atoms with van der Waals surface area (Å²) in [5.41, 5.74) is -0.866. The lowest BCUT2D eigenvalue weighted by Crippen LogP contribution is -2.41. The minimum Gasteiger partial charge on any atom is -0.398 e. The molecule has 0 radical (unpaired) electrons. The Balaban J connectivity index is 1.94. The number of nitrogens with one attached hydrogen (secondary N) is 1. The van der Waals surface area contributed by atoms with Gasteiger partial charge in [0.2, 0.25) is 0 Å². The Labute approximate surface area is 139 Å². The molecule has 1 aromatic heterocycles. The van der Waals surface area contributed by atoms with E-state index in [1.807, 2.05) is 27.7 Å². The lowest BCUT2D eigenvalue weighted by Gasteiger charge is -2.32. The molecule has 0 aliphatic carbocycles. The van der Waals surface area contributed by atoms with Gasteiger partial charge >= 0.3 is 7.12 Å². The molecule has 1 aliphatic heterocycles. The maximum absolute atomic E-state index is 14.6. The number of benzene rings is 1. The fourth-order valence-corrected chi connectivity index (χ4v) is 2.59. The zero-order chi connectivity index (χ0) is 17.7. The summed E-state index contributed by atoms with van der Waals surface area (Å²) in [6.07, 6.45) is 0.259. The van der Waals surface area contributed by atoms with Crippen LogP contribution >= 0.6 is 0 Å². The summed E-state index contributed by atoms with van der Waals surface area (Å²) < 4.78 is 51.6. The van der Waals surface area contributed by atoms with Crippen LogP contribution in [0.3, 0.4) is 0 Å². The van der Waals surface area contributed by atoms with Gasteiger partial charge in [-0.2, -0.15) is 0 Å². The van der Waals surface area contributed by atoms with Gasteiger partial charge in [0.15, 0.2) is 0 Å². The second-order valence-electron chi connectivity index (χ2n) is 6.97.